The van der Waals surface area contributed by atoms with Crippen molar-refractivity contribution in [2.45, 2.75) is 18.6 Å². The van der Waals surface area contributed by atoms with Gasteiger partial charge in [-0.2, -0.15) is 5.10 Å². The minimum absolute atomic E-state index is 0.130. The van der Waals surface area contributed by atoms with Crippen molar-refractivity contribution < 1.29 is 4.79 Å². The van der Waals surface area contributed by atoms with Crippen molar-refractivity contribution in [3.8, 4) is 0 Å². The SMILES string of the molecule is O=C(C(Nc1ccc(C2=NN[C@H](c3ccccc3)C2)cc1)N(c1ccccc1)c1ccccc1)N(c1ccccc1)c1ccccc1. The maximum absolute atomic E-state index is 15.1. The summed E-state index contributed by atoms with van der Waals surface area (Å²) < 4.78 is 0. The van der Waals surface area contributed by atoms with Crippen LogP contribution in [0.5, 0.6) is 0 Å². The number of nitrogens with zero attached hydrogens (tertiary/aromatic N) is 3. The first-order chi connectivity index (χ1) is 23.2. The third-order valence-electron chi connectivity index (χ3n) is 8.29. The molecule has 1 heterocycles. The van der Waals surface area contributed by atoms with Gasteiger partial charge in [0.25, 0.3) is 5.91 Å². The van der Waals surface area contributed by atoms with Gasteiger partial charge in [0.15, 0.2) is 6.17 Å². The van der Waals surface area contributed by atoms with Gasteiger partial charge in [-0.3, -0.25) is 9.69 Å². The van der Waals surface area contributed by atoms with Crippen molar-refractivity contribution in [1.82, 2.24) is 5.43 Å². The van der Waals surface area contributed by atoms with Crippen LogP contribution >= 0.6 is 0 Å². The number of nitrogens with one attached hydrogen (secondary N) is 2. The van der Waals surface area contributed by atoms with Crippen LogP contribution in [-0.4, -0.2) is 17.8 Å². The summed E-state index contributed by atoms with van der Waals surface area (Å²) in [6.45, 7) is 0. The average molecular weight is 614 g/mol. The van der Waals surface area contributed by atoms with E-state index in [4.69, 9.17) is 0 Å². The second kappa shape index (κ2) is 13.9. The van der Waals surface area contributed by atoms with Crippen LogP contribution in [0.25, 0.3) is 0 Å². The number of hydrazone groups is 1. The van der Waals surface area contributed by atoms with Gasteiger partial charge in [0.2, 0.25) is 0 Å². The van der Waals surface area contributed by atoms with Gasteiger partial charge in [0.05, 0.1) is 11.8 Å². The van der Waals surface area contributed by atoms with Crippen LogP contribution in [0.15, 0.2) is 181 Å². The molecule has 0 bridgehead atoms. The topological polar surface area (TPSA) is 60.0 Å². The van der Waals surface area contributed by atoms with Gasteiger partial charge in [-0.15, -0.1) is 0 Å². The van der Waals surface area contributed by atoms with E-state index in [9.17, 15) is 0 Å². The summed E-state index contributed by atoms with van der Waals surface area (Å²) in [5, 5.41) is 8.29. The fourth-order valence-electron chi connectivity index (χ4n) is 5.96. The Labute approximate surface area is 275 Å². The zero-order valence-corrected chi connectivity index (χ0v) is 25.9. The molecule has 2 atom stereocenters. The monoisotopic (exact) mass is 613 g/mol. The van der Waals surface area contributed by atoms with Crippen molar-refractivity contribution in [1.29, 1.82) is 0 Å². The molecule has 6 nitrogen and oxygen atoms in total. The zero-order chi connectivity index (χ0) is 31.8. The number of amides is 1. The van der Waals surface area contributed by atoms with Gasteiger partial charge in [-0.25, -0.2) is 0 Å². The minimum atomic E-state index is -0.806. The quantitative estimate of drug-likeness (QED) is 0.151. The summed E-state index contributed by atoms with van der Waals surface area (Å²) in [4.78, 5) is 18.9. The van der Waals surface area contributed by atoms with Crippen LogP contribution in [0.3, 0.4) is 0 Å². The fourth-order valence-corrected chi connectivity index (χ4v) is 5.96. The fraction of sp³-hybridized carbons (Fsp3) is 0.0732. The molecule has 1 aliphatic heterocycles. The Balaban J connectivity index is 1.25. The third-order valence-corrected chi connectivity index (χ3v) is 8.29. The predicted octanol–water partition coefficient (Wildman–Crippen LogP) is 9.07. The first-order valence-corrected chi connectivity index (χ1v) is 15.8. The van der Waals surface area contributed by atoms with Crippen molar-refractivity contribution in [2.24, 2.45) is 5.10 Å². The summed E-state index contributed by atoms with van der Waals surface area (Å²) in [6, 6.07) is 58.4. The molecule has 1 amide bonds. The van der Waals surface area contributed by atoms with Gasteiger partial charge >= 0.3 is 0 Å². The number of rotatable bonds is 10. The van der Waals surface area contributed by atoms with Crippen LogP contribution in [0, 0.1) is 0 Å². The molecule has 6 aromatic carbocycles. The van der Waals surface area contributed by atoms with E-state index in [1.807, 2.05) is 140 Å². The van der Waals surface area contributed by atoms with Crippen LogP contribution in [-0.2, 0) is 4.79 Å². The Morgan fingerprint density at radius 2 is 1.04 bits per heavy atom. The lowest BCUT2D eigenvalue weighted by atomic mass is 9.99. The van der Waals surface area contributed by atoms with Crippen LogP contribution < -0.4 is 20.5 Å². The molecule has 0 spiro atoms. The maximum atomic E-state index is 15.1. The first kappa shape index (κ1) is 29.6. The van der Waals surface area contributed by atoms with Gasteiger partial charge < -0.3 is 15.6 Å². The number of para-hydroxylation sites is 4. The lowest BCUT2D eigenvalue weighted by Crippen LogP contribution is -2.50. The molecule has 7 rings (SSSR count). The molecular weight excluding hydrogens is 578 g/mol. The number of benzene rings is 6. The molecule has 6 heteroatoms. The van der Waals surface area contributed by atoms with E-state index in [0.29, 0.717) is 0 Å². The number of anilines is 5. The molecule has 230 valence electrons. The van der Waals surface area contributed by atoms with Crippen molar-refractivity contribution in [3.05, 3.63) is 187 Å². The van der Waals surface area contributed by atoms with Crippen molar-refractivity contribution >= 4 is 40.1 Å². The smallest absolute Gasteiger partial charge is 0.275 e. The normalized spacial score (nSPS) is 14.4. The van der Waals surface area contributed by atoms with Gasteiger partial charge in [0.1, 0.15) is 0 Å². The predicted molar refractivity (Wildman–Crippen MR) is 192 cm³/mol. The van der Waals surface area contributed by atoms with E-state index >= 15 is 4.79 Å². The van der Waals surface area contributed by atoms with Gasteiger partial charge in [-0.05, 0) is 71.8 Å². The Bertz CT molecular complexity index is 1840. The summed E-state index contributed by atoms with van der Waals surface area (Å²) in [6.07, 6.45) is -0.00409. The number of hydrogen-bond donors (Lipinski definition) is 2. The second-order valence-electron chi connectivity index (χ2n) is 11.4. The Kier molecular flexibility index (Phi) is 8.73. The molecule has 0 aromatic heterocycles. The highest BCUT2D eigenvalue weighted by molar-refractivity contribution is 6.07. The molecule has 6 aromatic rings. The van der Waals surface area contributed by atoms with E-state index in [-0.39, 0.29) is 11.9 Å². The maximum Gasteiger partial charge on any atom is 0.275 e. The van der Waals surface area contributed by atoms with Gasteiger partial charge in [-0.1, -0.05) is 115 Å². The lowest BCUT2D eigenvalue weighted by Gasteiger charge is -2.37. The first-order valence-electron chi connectivity index (χ1n) is 15.8. The Hall–Kier alpha value is -6.14. The summed E-state index contributed by atoms with van der Waals surface area (Å²) in [5.74, 6) is -0.130. The van der Waals surface area contributed by atoms with E-state index in [0.717, 1.165) is 46.1 Å². The van der Waals surface area contributed by atoms with E-state index < -0.39 is 6.17 Å². The van der Waals surface area contributed by atoms with E-state index in [1.54, 1.807) is 4.90 Å². The molecular formula is C41H35N5O. The number of carbonyl (C=O) groups is 1. The van der Waals surface area contributed by atoms with Crippen LogP contribution in [0.2, 0.25) is 0 Å². The van der Waals surface area contributed by atoms with Crippen LogP contribution in [0.1, 0.15) is 23.6 Å². The molecule has 0 saturated carbocycles. The third kappa shape index (κ3) is 6.63. The molecule has 2 N–H and O–H groups in total. The van der Waals surface area contributed by atoms with Crippen molar-refractivity contribution in [2.75, 3.05) is 15.1 Å². The standard InChI is InChI=1S/C41H35N5O/c47-41(46(36-22-12-4-13-23-36)37-24-14-5-15-25-37)40(45(34-18-8-2-9-19-34)35-20-10-3-11-21-35)42-33-28-26-32(27-29-33)39-30-38(43-44-39)31-16-6-1-7-17-31/h1-29,38,40,42-43H,30H2/t38-,40?/m0/s1. The second-order valence-corrected chi connectivity index (χ2v) is 11.4. The largest absolute Gasteiger partial charge is 0.357 e. The molecule has 0 aliphatic carbocycles. The van der Waals surface area contributed by atoms with E-state index in [2.05, 4.69) is 57.1 Å². The Morgan fingerprint density at radius 1 is 0.596 bits per heavy atom. The zero-order valence-electron chi connectivity index (χ0n) is 25.9. The molecule has 47 heavy (non-hydrogen) atoms. The average Bonchev–Trinajstić information content (AvgIpc) is 3.65. The molecule has 1 unspecified atom stereocenters. The number of carbonyl (C=O) groups excluding carboxylic acids is 1. The van der Waals surface area contributed by atoms with Gasteiger partial charge in [0, 0.05) is 34.9 Å². The molecule has 1 aliphatic rings. The highest BCUT2D eigenvalue weighted by Gasteiger charge is 2.33. The number of hydrogen-bond acceptors (Lipinski definition) is 5. The van der Waals surface area contributed by atoms with Crippen molar-refractivity contribution in [3.63, 3.8) is 0 Å². The summed E-state index contributed by atoms with van der Waals surface area (Å²) >= 11 is 0. The molecule has 0 radical (unpaired) electrons. The highest BCUT2D eigenvalue weighted by Crippen LogP contribution is 2.33. The lowest BCUT2D eigenvalue weighted by molar-refractivity contribution is -0.118. The van der Waals surface area contributed by atoms with E-state index in [1.165, 1.54) is 5.56 Å². The molecule has 0 fully saturated rings. The minimum Gasteiger partial charge on any atom is -0.357 e. The van der Waals surface area contributed by atoms with Crippen LogP contribution in [0.4, 0.5) is 28.4 Å². The summed E-state index contributed by atoms with van der Waals surface area (Å²) in [7, 11) is 0. The summed E-state index contributed by atoms with van der Waals surface area (Å²) in [5.41, 5.74) is 10.7. The Morgan fingerprint density at radius 3 is 1.53 bits per heavy atom. The molecule has 0 saturated heterocycles. The highest BCUT2D eigenvalue weighted by atomic mass is 16.2.